The number of rotatable bonds is 5. The molecule has 8 heteroatoms. The molecule has 0 radical (unpaired) electrons. The fourth-order valence-electron chi connectivity index (χ4n) is 4.80. The number of carbonyl (C=O) groups is 2. The van der Waals surface area contributed by atoms with Crippen molar-refractivity contribution in [1.82, 2.24) is 29.5 Å². The number of aromatic nitrogens is 4. The molecule has 1 saturated carbocycles. The van der Waals surface area contributed by atoms with E-state index in [4.69, 9.17) is 0 Å². The minimum atomic E-state index is 0.0661. The molecule has 0 bridgehead atoms. The van der Waals surface area contributed by atoms with Gasteiger partial charge in [0.25, 0.3) is 5.91 Å². The fraction of sp³-hybridized carbons (Fsp3) is 0.619. The Morgan fingerprint density at radius 1 is 1.21 bits per heavy atom. The molecule has 2 atom stereocenters. The number of nitrogens with one attached hydrogen (secondary N) is 1. The van der Waals surface area contributed by atoms with Gasteiger partial charge in [-0.3, -0.25) is 14.3 Å². The molecular formula is C21H28N6O2. The van der Waals surface area contributed by atoms with Crippen molar-refractivity contribution in [2.24, 2.45) is 18.9 Å². The summed E-state index contributed by atoms with van der Waals surface area (Å²) in [5.41, 5.74) is 2.93. The van der Waals surface area contributed by atoms with Gasteiger partial charge in [0.15, 0.2) is 0 Å². The highest BCUT2D eigenvalue weighted by molar-refractivity contribution is 5.95. The van der Waals surface area contributed by atoms with E-state index in [0.29, 0.717) is 19.6 Å². The highest BCUT2D eigenvalue weighted by Gasteiger charge is 2.39. The first-order chi connectivity index (χ1) is 14.1. The van der Waals surface area contributed by atoms with Crippen LogP contribution in [0.5, 0.6) is 0 Å². The number of hydrogen-bond acceptors (Lipinski definition) is 4. The first-order valence-electron chi connectivity index (χ1n) is 10.7. The van der Waals surface area contributed by atoms with Gasteiger partial charge in [0, 0.05) is 62.9 Å². The zero-order valence-electron chi connectivity index (χ0n) is 16.9. The molecule has 2 fully saturated rings. The highest BCUT2D eigenvalue weighted by Crippen LogP contribution is 2.34. The van der Waals surface area contributed by atoms with Gasteiger partial charge < -0.3 is 14.8 Å². The molecule has 4 heterocycles. The maximum atomic E-state index is 13.3. The Labute approximate surface area is 170 Å². The minimum absolute atomic E-state index is 0.0661. The van der Waals surface area contributed by atoms with E-state index in [1.54, 1.807) is 12.5 Å². The third-order valence-electron chi connectivity index (χ3n) is 6.66. The number of carbonyl (C=O) groups excluding carboxylic acids is 2. The second kappa shape index (κ2) is 7.31. The topological polar surface area (TPSA) is 85.1 Å². The summed E-state index contributed by atoms with van der Waals surface area (Å²) in [5.74, 6) is 0.768. The van der Waals surface area contributed by atoms with Crippen molar-refractivity contribution < 1.29 is 9.59 Å². The molecule has 0 unspecified atom stereocenters. The van der Waals surface area contributed by atoms with E-state index in [1.807, 2.05) is 27.4 Å². The predicted molar refractivity (Wildman–Crippen MR) is 106 cm³/mol. The lowest BCUT2D eigenvalue weighted by Crippen LogP contribution is -2.34. The third kappa shape index (κ3) is 3.45. The van der Waals surface area contributed by atoms with E-state index in [1.165, 1.54) is 0 Å². The Hall–Kier alpha value is -2.64. The largest absolute Gasteiger partial charge is 0.355 e. The molecule has 3 aliphatic rings. The lowest BCUT2D eigenvalue weighted by atomic mass is 9.93. The molecular weight excluding hydrogens is 368 g/mol. The van der Waals surface area contributed by atoms with Gasteiger partial charge in [-0.1, -0.05) is 0 Å². The first kappa shape index (κ1) is 18.4. The zero-order chi connectivity index (χ0) is 20.0. The smallest absolute Gasteiger partial charge is 0.257 e. The van der Waals surface area contributed by atoms with Crippen LogP contribution < -0.4 is 5.32 Å². The van der Waals surface area contributed by atoms with E-state index in [9.17, 15) is 9.59 Å². The van der Waals surface area contributed by atoms with Crippen LogP contribution in [0.4, 0.5) is 0 Å². The molecule has 8 nitrogen and oxygen atoms in total. The molecule has 5 rings (SSSR count). The Morgan fingerprint density at radius 2 is 2.07 bits per heavy atom. The molecule has 0 spiro atoms. The molecule has 2 aromatic heterocycles. The normalized spacial score (nSPS) is 23.8. The Morgan fingerprint density at radius 3 is 2.83 bits per heavy atom. The van der Waals surface area contributed by atoms with Gasteiger partial charge in [-0.15, -0.1) is 0 Å². The quantitative estimate of drug-likeness (QED) is 0.826. The van der Waals surface area contributed by atoms with Crippen LogP contribution in [0.25, 0.3) is 0 Å². The number of fused-ring (bicyclic) bond motifs is 1. The van der Waals surface area contributed by atoms with Crippen molar-refractivity contribution >= 4 is 11.8 Å². The van der Waals surface area contributed by atoms with Gasteiger partial charge in [-0.25, -0.2) is 4.98 Å². The molecule has 154 valence electrons. The van der Waals surface area contributed by atoms with E-state index in [0.717, 1.165) is 55.6 Å². The van der Waals surface area contributed by atoms with Crippen molar-refractivity contribution in [2.45, 2.75) is 44.6 Å². The molecule has 29 heavy (non-hydrogen) atoms. The van der Waals surface area contributed by atoms with Crippen LogP contribution in [0.1, 0.15) is 53.3 Å². The number of hydrogen-bond donors (Lipinski definition) is 1. The summed E-state index contributed by atoms with van der Waals surface area (Å²) in [5, 5.41) is 7.55. The van der Waals surface area contributed by atoms with E-state index < -0.39 is 0 Å². The molecule has 1 N–H and O–H groups in total. The van der Waals surface area contributed by atoms with Gasteiger partial charge in [0.2, 0.25) is 5.91 Å². The molecule has 2 aromatic rings. The lowest BCUT2D eigenvalue weighted by molar-refractivity contribution is -0.122. The third-order valence-corrected chi connectivity index (χ3v) is 6.66. The van der Waals surface area contributed by atoms with Crippen molar-refractivity contribution in [1.29, 1.82) is 0 Å². The first-order valence-corrected chi connectivity index (χ1v) is 10.7. The number of imidazole rings is 1. The summed E-state index contributed by atoms with van der Waals surface area (Å²) in [4.78, 5) is 31.7. The van der Waals surface area contributed by atoms with Crippen molar-refractivity contribution in [3.63, 3.8) is 0 Å². The number of likely N-dealkylation sites (tertiary alicyclic amines) is 1. The number of nitrogens with zero attached hydrogens (tertiary/aromatic N) is 5. The van der Waals surface area contributed by atoms with Crippen LogP contribution in [0.2, 0.25) is 0 Å². The molecule has 2 amide bonds. The van der Waals surface area contributed by atoms with Crippen molar-refractivity contribution in [2.75, 3.05) is 19.6 Å². The summed E-state index contributed by atoms with van der Waals surface area (Å²) in [6.07, 6.45) is 10.6. The SMILES string of the molecule is Cn1cncc1[C@@H]1CN(C(=O)c2cnn3c2CCCC3)C[C@H]1CNC(=O)C1CC1. The summed E-state index contributed by atoms with van der Waals surface area (Å²) in [6, 6.07) is 0. The average Bonchev–Trinajstić information content (AvgIpc) is 3.16. The molecule has 0 aromatic carbocycles. The van der Waals surface area contributed by atoms with Crippen LogP contribution in [0.15, 0.2) is 18.7 Å². The van der Waals surface area contributed by atoms with Crippen LogP contribution in [-0.4, -0.2) is 55.7 Å². The monoisotopic (exact) mass is 396 g/mol. The van der Waals surface area contributed by atoms with Crippen LogP contribution >= 0.6 is 0 Å². The van der Waals surface area contributed by atoms with E-state index in [-0.39, 0.29) is 29.6 Å². The second-order valence-electron chi connectivity index (χ2n) is 8.71. The van der Waals surface area contributed by atoms with Crippen molar-refractivity contribution in [3.05, 3.63) is 35.7 Å². The maximum absolute atomic E-state index is 13.3. The lowest BCUT2D eigenvalue weighted by Gasteiger charge is -2.19. The van der Waals surface area contributed by atoms with Gasteiger partial charge >= 0.3 is 0 Å². The summed E-state index contributed by atoms with van der Waals surface area (Å²) < 4.78 is 4.01. The van der Waals surface area contributed by atoms with Gasteiger partial charge in [0.05, 0.1) is 23.8 Å². The Bertz CT molecular complexity index is 928. The van der Waals surface area contributed by atoms with Crippen molar-refractivity contribution in [3.8, 4) is 0 Å². The summed E-state index contributed by atoms with van der Waals surface area (Å²) in [7, 11) is 1.99. The Balaban J connectivity index is 1.35. The number of amides is 2. The summed E-state index contributed by atoms with van der Waals surface area (Å²) >= 11 is 0. The maximum Gasteiger partial charge on any atom is 0.257 e. The van der Waals surface area contributed by atoms with Gasteiger partial charge in [0.1, 0.15) is 0 Å². The van der Waals surface area contributed by atoms with Crippen LogP contribution in [0, 0.1) is 11.8 Å². The molecule has 1 saturated heterocycles. The minimum Gasteiger partial charge on any atom is -0.355 e. The van der Waals surface area contributed by atoms with Crippen LogP contribution in [-0.2, 0) is 24.8 Å². The number of aryl methyl sites for hydroxylation is 2. The highest BCUT2D eigenvalue weighted by atomic mass is 16.2. The van der Waals surface area contributed by atoms with Crippen LogP contribution in [0.3, 0.4) is 0 Å². The predicted octanol–water partition coefficient (Wildman–Crippen LogP) is 1.33. The Kier molecular flexibility index (Phi) is 4.64. The fourth-order valence-corrected chi connectivity index (χ4v) is 4.80. The van der Waals surface area contributed by atoms with E-state index >= 15 is 0 Å². The standard InChI is InChI=1S/C21H28N6O2/c1-25-13-22-10-19(25)17-12-26(11-15(17)8-23-20(28)14-5-6-14)21(29)16-9-24-27-7-3-2-4-18(16)27/h9-10,13-15,17H,2-8,11-12H2,1H3,(H,23,28)/t15-,17-/m1/s1. The second-order valence-corrected chi connectivity index (χ2v) is 8.71. The van der Waals surface area contributed by atoms with Gasteiger partial charge in [-0.05, 0) is 32.1 Å². The van der Waals surface area contributed by atoms with E-state index in [2.05, 4.69) is 15.4 Å². The average molecular weight is 396 g/mol. The van der Waals surface area contributed by atoms with Gasteiger partial charge in [-0.2, -0.15) is 5.10 Å². The molecule has 2 aliphatic heterocycles. The zero-order valence-corrected chi connectivity index (χ0v) is 16.9. The summed E-state index contributed by atoms with van der Waals surface area (Å²) in [6.45, 7) is 2.79. The molecule has 1 aliphatic carbocycles.